The van der Waals surface area contributed by atoms with E-state index in [2.05, 4.69) is 61.0 Å². The molecular weight excluding hydrogens is 290 g/mol. The molecule has 1 aromatic carbocycles. The molecule has 110 valence electrons. The van der Waals surface area contributed by atoms with Gasteiger partial charge in [0.05, 0.1) is 0 Å². The highest BCUT2D eigenvalue weighted by Gasteiger charge is 2.22. The number of halogens is 1. The van der Waals surface area contributed by atoms with Gasteiger partial charge in [-0.05, 0) is 26.3 Å². The van der Waals surface area contributed by atoms with Crippen LogP contribution >= 0.6 is 23.7 Å². The summed E-state index contributed by atoms with van der Waals surface area (Å²) in [5, 5.41) is 0.642. The number of rotatable bonds is 4. The normalized spacial score (nSPS) is 11.4. The molecule has 0 saturated carbocycles. The van der Waals surface area contributed by atoms with Crippen LogP contribution < -0.4 is 5.73 Å². The zero-order chi connectivity index (χ0) is 13.9. The lowest BCUT2D eigenvalue weighted by atomic mass is 10.0. The molecule has 5 heteroatoms. The van der Waals surface area contributed by atoms with Crippen molar-refractivity contribution >= 4 is 28.9 Å². The first kappa shape index (κ1) is 17.0. The number of nitrogen functional groups attached to an aromatic ring is 1. The largest absolute Gasteiger partial charge is 0.375 e. The molecule has 0 radical (unpaired) electrons. The summed E-state index contributed by atoms with van der Waals surface area (Å²) in [5.41, 5.74) is 7.14. The number of nitrogens with zero attached hydrogens (tertiary/aromatic N) is 2. The van der Waals surface area contributed by atoms with E-state index in [4.69, 9.17) is 5.73 Å². The van der Waals surface area contributed by atoms with Gasteiger partial charge >= 0.3 is 0 Å². The molecule has 0 amide bonds. The van der Waals surface area contributed by atoms with Crippen LogP contribution in [-0.2, 0) is 13.1 Å². The van der Waals surface area contributed by atoms with Crippen molar-refractivity contribution < 1.29 is 0 Å². The van der Waals surface area contributed by atoms with Crippen LogP contribution in [0, 0.1) is 0 Å². The van der Waals surface area contributed by atoms with Crippen molar-refractivity contribution in [1.82, 2.24) is 9.88 Å². The summed E-state index contributed by atoms with van der Waals surface area (Å²) in [6, 6.07) is 10.6. The van der Waals surface area contributed by atoms with Crippen LogP contribution in [0.15, 0.2) is 36.5 Å². The Hall–Kier alpha value is -1.10. The van der Waals surface area contributed by atoms with Gasteiger partial charge in [0.1, 0.15) is 0 Å². The highest BCUT2D eigenvalue weighted by atomic mass is 35.5. The average molecular weight is 312 g/mol. The Morgan fingerprint density at radius 2 is 1.80 bits per heavy atom. The Balaban J connectivity index is 0.00000200. The second kappa shape index (κ2) is 7.07. The molecule has 0 bridgehead atoms. The zero-order valence-electron chi connectivity index (χ0n) is 12.2. The highest BCUT2D eigenvalue weighted by molar-refractivity contribution is 7.15. The van der Waals surface area contributed by atoms with E-state index in [0.717, 1.165) is 13.1 Å². The van der Waals surface area contributed by atoms with Gasteiger partial charge in [-0.3, -0.25) is 4.90 Å². The molecule has 0 aliphatic heterocycles. The fourth-order valence-electron chi connectivity index (χ4n) is 1.92. The molecule has 20 heavy (non-hydrogen) atoms. The van der Waals surface area contributed by atoms with Gasteiger partial charge in [-0.2, -0.15) is 0 Å². The summed E-state index contributed by atoms with van der Waals surface area (Å²) >= 11 is 1.57. The standard InChI is InChI=1S/C15H21N3S.ClH/c1-15(2,3)18(10-12-7-5-4-6-8-12)11-13-9-17-14(16)19-13;/h4-9H,10-11H2,1-3H3,(H2,16,17);1H. The van der Waals surface area contributed by atoms with Crippen LogP contribution in [0.3, 0.4) is 0 Å². The molecule has 0 unspecified atom stereocenters. The summed E-state index contributed by atoms with van der Waals surface area (Å²) in [6.07, 6.45) is 1.88. The van der Waals surface area contributed by atoms with Crippen LogP contribution in [0.1, 0.15) is 31.2 Å². The lowest BCUT2D eigenvalue weighted by Gasteiger charge is -2.35. The van der Waals surface area contributed by atoms with Crippen molar-refractivity contribution in [3.05, 3.63) is 47.0 Å². The van der Waals surface area contributed by atoms with Crippen molar-refractivity contribution in [2.75, 3.05) is 5.73 Å². The topological polar surface area (TPSA) is 42.2 Å². The number of anilines is 1. The summed E-state index contributed by atoms with van der Waals surface area (Å²) in [5.74, 6) is 0. The number of hydrogen-bond donors (Lipinski definition) is 1. The third-order valence-corrected chi connectivity index (χ3v) is 3.89. The maximum absolute atomic E-state index is 5.70. The SMILES string of the molecule is CC(C)(C)N(Cc1ccccc1)Cc1cnc(N)s1.Cl. The van der Waals surface area contributed by atoms with Crippen LogP contribution in [0.25, 0.3) is 0 Å². The van der Waals surface area contributed by atoms with E-state index in [0.29, 0.717) is 5.13 Å². The Kier molecular flexibility index (Phi) is 5.99. The predicted octanol–water partition coefficient (Wildman–Crippen LogP) is 3.95. The van der Waals surface area contributed by atoms with Crippen LogP contribution in [0.2, 0.25) is 0 Å². The molecule has 0 fully saturated rings. The Bertz CT molecular complexity index is 519. The lowest BCUT2D eigenvalue weighted by molar-refractivity contribution is 0.120. The molecule has 0 aliphatic rings. The Morgan fingerprint density at radius 1 is 1.15 bits per heavy atom. The summed E-state index contributed by atoms with van der Waals surface area (Å²) in [7, 11) is 0. The van der Waals surface area contributed by atoms with Gasteiger partial charge in [0.2, 0.25) is 0 Å². The maximum Gasteiger partial charge on any atom is 0.180 e. The fraction of sp³-hybridized carbons (Fsp3) is 0.400. The van der Waals surface area contributed by atoms with Crippen LogP contribution in [0.4, 0.5) is 5.13 Å². The van der Waals surface area contributed by atoms with Crippen LogP contribution in [0.5, 0.6) is 0 Å². The van der Waals surface area contributed by atoms with Crippen molar-refractivity contribution in [1.29, 1.82) is 0 Å². The molecule has 3 nitrogen and oxygen atoms in total. The average Bonchev–Trinajstić information content (AvgIpc) is 2.74. The van der Waals surface area contributed by atoms with Crippen molar-refractivity contribution in [2.24, 2.45) is 0 Å². The summed E-state index contributed by atoms with van der Waals surface area (Å²) in [4.78, 5) is 7.78. The highest BCUT2D eigenvalue weighted by Crippen LogP contribution is 2.23. The minimum absolute atomic E-state index is 0. The molecule has 1 aromatic heterocycles. The molecule has 0 spiro atoms. The third kappa shape index (κ3) is 4.78. The van der Waals surface area contributed by atoms with Crippen LogP contribution in [-0.4, -0.2) is 15.4 Å². The predicted molar refractivity (Wildman–Crippen MR) is 89.2 cm³/mol. The number of thiazole rings is 1. The first-order chi connectivity index (χ1) is 8.95. The first-order valence-corrected chi connectivity index (χ1v) is 7.26. The van der Waals surface area contributed by atoms with E-state index >= 15 is 0 Å². The van der Waals surface area contributed by atoms with Gasteiger partial charge in [0.15, 0.2) is 5.13 Å². The van der Waals surface area contributed by atoms with E-state index in [-0.39, 0.29) is 17.9 Å². The zero-order valence-corrected chi connectivity index (χ0v) is 13.8. The Morgan fingerprint density at radius 3 is 2.30 bits per heavy atom. The smallest absolute Gasteiger partial charge is 0.180 e. The van der Waals surface area contributed by atoms with E-state index in [1.54, 1.807) is 11.3 Å². The molecule has 0 aliphatic carbocycles. The molecule has 2 aromatic rings. The van der Waals surface area contributed by atoms with Gasteiger partial charge in [-0.15, -0.1) is 23.7 Å². The van der Waals surface area contributed by atoms with Gasteiger partial charge in [0, 0.05) is 29.7 Å². The second-order valence-electron chi connectivity index (χ2n) is 5.68. The molecule has 2 N–H and O–H groups in total. The molecular formula is C15H22ClN3S. The first-order valence-electron chi connectivity index (χ1n) is 6.44. The Labute approximate surface area is 131 Å². The summed E-state index contributed by atoms with van der Waals surface area (Å²) < 4.78 is 0. The van der Waals surface area contributed by atoms with E-state index < -0.39 is 0 Å². The molecule has 1 heterocycles. The quantitative estimate of drug-likeness (QED) is 0.929. The number of benzene rings is 1. The third-order valence-electron chi connectivity index (χ3n) is 3.08. The minimum Gasteiger partial charge on any atom is -0.375 e. The van der Waals surface area contributed by atoms with Crippen molar-refractivity contribution in [3.63, 3.8) is 0 Å². The monoisotopic (exact) mass is 311 g/mol. The lowest BCUT2D eigenvalue weighted by Crippen LogP contribution is -2.40. The number of hydrogen-bond acceptors (Lipinski definition) is 4. The van der Waals surface area contributed by atoms with E-state index in [9.17, 15) is 0 Å². The number of nitrogens with two attached hydrogens (primary N) is 1. The van der Waals surface area contributed by atoms with E-state index in [1.807, 2.05) is 6.20 Å². The molecule has 0 saturated heterocycles. The molecule has 0 atom stereocenters. The van der Waals surface area contributed by atoms with E-state index in [1.165, 1.54) is 10.4 Å². The second-order valence-corrected chi connectivity index (χ2v) is 6.82. The van der Waals surface area contributed by atoms with Gasteiger partial charge in [0.25, 0.3) is 0 Å². The van der Waals surface area contributed by atoms with Crippen molar-refractivity contribution in [2.45, 2.75) is 39.4 Å². The minimum atomic E-state index is 0. The number of aromatic nitrogens is 1. The van der Waals surface area contributed by atoms with Gasteiger partial charge in [-0.1, -0.05) is 30.3 Å². The van der Waals surface area contributed by atoms with Crippen molar-refractivity contribution in [3.8, 4) is 0 Å². The fourth-order valence-corrected chi connectivity index (χ4v) is 2.62. The summed E-state index contributed by atoms with van der Waals surface area (Å²) in [6.45, 7) is 8.52. The maximum atomic E-state index is 5.70. The molecule has 2 rings (SSSR count). The van der Waals surface area contributed by atoms with Gasteiger partial charge < -0.3 is 5.73 Å². The van der Waals surface area contributed by atoms with Gasteiger partial charge in [-0.25, -0.2) is 4.98 Å².